The van der Waals surface area contributed by atoms with Crippen molar-refractivity contribution in [3.8, 4) is 11.4 Å². The van der Waals surface area contributed by atoms with Crippen molar-refractivity contribution in [3.63, 3.8) is 0 Å². The summed E-state index contributed by atoms with van der Waals surface area (Å²) in [6.07, 6.45) is 11.9. The Hall–Kier alpha value is -1.79. The quantitative estimate of drug-likeness (QED) is 0.450. The van der Waals surface area contributed by atoms with E-state index in [1.165, 1.54) is 78.7 Å². The first kappa shape index (κ1) is 21.5. The minimum atomic E-state index is -6.00. The van der Waals surface area contributed by atoms with Crippen LogP contribution in [0.15, 0.2) is 18.3 Å². The maximum absolute atomic E-state index is 9.75. The maximum Gasteiger partial charge on any atom is 0.673 e. The van der Waals surface area contributed by atoms with Gasteiger partial charge in [-0.3, -0.25) is 0 Å². The molecule has 150 valence electrons. The number of nitrogens with one attached hydrogen (secondary N) is 2. The summed E-state index contributed by atoms with van der Waals surface area (Å²) >= 11 is 0. The highest BCUT2D eigenvalue weighted by molar-refractivity contribution is 6.50. The van der Waals surface area contributed by atoms with Gasteiger partial charge >= 0.3 is 7.25 Å². The molecule has 1 saturated carbocycles. The molecule has 1 heterocycles. The van der Waals surface area contributed by atoms with Crippen LogP contribution in [0.2, 0.25) is 0 Å². The Bertz CT molecular complexity index is 703. The van der Waals surface area contributed by atoms with Gasteiger partial charge in [-0.15, -0.1) is 0 Å². The Labute approximate surface area is 158 Å². The Morgan fingerprint density at radius 2 is 1.37 bits per heavy atom. The fourth-order valence-corrected chi connectivity index (χ4v) is 4.06. The number of H-pyrrole nitrogens is 2. The lowest BCUT2D eigenvalue weighted by Gasteiger charge is -2.15. The van der Waals surface area contributed by atoms with Gasteiger partial charge < -0.3 is 17.3 Å². The number of imidazole rings is 1. The van der Waals surface area contributed by atoms with Crippen LogP contribution in [0.4, 0.5) is 17.3 Å². The molecule has 0 aliphatic heterocycles. The molecule has 27 heavy (non-hydrogen) atoms. The van der Waals surface area contributed by atoms with Crippen LogP contribution in [-0.4, -0.2) is 12.2 Å². The minimum Gasteiger partial charge on any atom is -0.418 e. The molecular weight excluding hydrogens is 355 g/mol. The normalized spacial score (nSPS) is 16.3. The Kier molecular flexibility index (Phi) is 7.51. The SMILES string of the molecule is Cc1cc(C)c(-c2[nH]c(C3CCCCCCC3)c[nH+]2)c(C)c1.F[B-](F)(F)F. The van der Waals surface area contributed by atoms with Gasteiger partial charge in [0.05, 0.1) is 5.56 Å². The number of benzene rings is 1. The standard InChI is InChI=1S/C20H28N2.BF4/c1-14-11-15(2)19(16(3)12-14)20-21-13-18(22-20)17-9-7-5-4-6-8-10-17;2-1(3,4)5/h11-13,17H,4-10H2,1-3H3,(H,21,22);/q;-1/p+1. The predicted molar refractivity (Wildman–Crippen MR) is 102 cm³/mol. The van der Waals surface area contributed by atoms with Gasteiger partial charge in [-0.25, -0.2) is 9.97 Å². The molecule has 1 fully saturated rings. The molecule has 0 amide bonds. The molecule has 0 unspecified atom stereocenters. The average Bonchev–Trinajstić information content (AvgIpc) is 2.93. The molecule has 0 spiro atoms. The van der Waals surface area contributed by atoms with Crippen LogP contribution >= 0.6 is 0 Å². The summed E-state index contributed by atoms with van der Waals surface area (Å²) in [6.45, 7) is 6.58. The summed E-state index contributed by atoms with van der Waals surface area (Å²) in [6, 6.07) is 4.54. The molecule has 1 aliphatic carbocycles. The summed E-state index contributed by atoms with van der Waals surface area (Å²) in [5.74, 6) is 1.88. The number of hydrogen-bond donors (Lipinski definition) is 1. The van der Waals surface area contributed by atoms with Gasteiger partial charge in [0, 0.05) is 5.92 Å². The maximum atomic E-state index is 9.75. The average molecular weight is 384 g/mol. The van der Waals surface area contributed by atoms with Crippen molar-refractivity contribution in [2.24, 2.45) is 0 Å². The van der Waals surface area contributed by atoms with E-state index >= 15 is 0 Å². The van der Waals surface area contributed by atoms with Gasteiger partial charge in [0.25, 0.3) is 5.82 Å². The van der Waals surface area contributed by atoms with Crippen molar-refractivity contribution in [2.75, 3.05) is 0 Å². The first-order valence-corrected chi connectivity index (χ1v) is 9.71. The fraction of sp³-hybridized carbons (Fsp3) is 0.550. The molecule has 2 aromatic rings. The summed E-state index contributed by atoms with van der Waals surface area (Å²) in [5.41, 5.74) is 6.77. The molecule has 1 aliphatic rings. The van der Waals surface area contributed by atoms with E-state index in [1.54, 1.807) is 0 Å². The van der Waals surface area contributed by atoms with Crippen molar-refractivity contribution in [1.29, 1.82) is 0 Å². The Balaban J connectivity index is 0.000000465. The van der Waals surface area contributed by atoms with Crippen LogP contribution in [-0.2, 0) is 0 Å². The van der Waals surface area contributed by atoms with Crippen molar-refractivity contribution in [1.82, 2.24) is 4.98 Å². The number of aryl methyl sites for hydroxylation is 3. The zero-order valence-electron chi connectivity index (χ0n) is 16.3. The van der Waals surface area contributed by atoms with Crippen molar-refractivity contribution >= 4 is 7.25 Å². The van der Waals surface area contributed by atoms with Gasteiger partial charge in [-0.2, -0.15) is 0 Å². The van der Waals surface area contributed by atoms with Gasteiger partial charge in [-0.05, 0) is 44.7 Å². The van der Waals surface area contributed by atoms with Gasteiger partial charge in [-0.1, -0.05) is 49.8 Å². The van der Waals surface area contributed by atoms with E-state index < -0.39 is 7.25 Å². The van der Waals surface area contributed by atoms with Crippen LogP contribution in [0.3, 0.4) is 0 Å². The second-order valence-corrected chi connectivity index (χ2v) is 7.55. The second-order valence-electron chi connectivity index (χ2n) is 7.55. The molecule has 7 heteroatoms. The number of hydrogen-bond acceptors (Lipinski definition) is 0. The molecular formula is C20H29BF4N2. The second kappa shape index (κ2) is 9.42. The number of halogens is 4. The molecule has 1 aromatic carbocycles. The van der Waals surface area contributed by atoms with Crippen molar-refractivity contribution in [2.45, 2.75) is 71.6 Å². The van der Waals surface area contributed by atoms with E-state index in [0.29, 0.717) is 5.92 Å². The van der Waals surface area contributed by atoms with E-state index in [4.69, 9.17) is 0 Å². The number of aromatic nitrogens is 2. The summed E-state index contributed by atoms with van der Waals surface area (Å²) < 4.78 is 39.0. The van der Waals surface area contributed by atoms with Crippen LogP contribution in [0, 0.1) is 20.8 Å². The lowest BCUT2D eigenvalue weighted by molar-refractivity contribution is -0.362. The first-order chi connectivity index (χ1) is 12.6. The lowest BCUT2D eigenvalue weighted by atomic mass is 9.89. The summed E-state index contributed by atoms with van der Waals surface area (Å²) in [5, 5.41) is 0. The number of aromatic amines is 2. The third kappa shape index (κ3) is 7.04. The zero-order chi connectivity index (χ0) is 20.0. The van der Waals surface area contributed by atoms with Crippen LogP contribution < -0.4 is 4.98 Å². The van der Waals surface area contributed by atoms with Crippen molar-refractivity contribution in [3.05, 3.63) is 40.7 Å². The van der Waals surface area contributed by atoms with E-state index in [9.17, 15) is 17.3 Å². The highest BCUT2D eigenvalue weighted by Crippen LogP contribution is 2.31. The third-order valence-electron chi connectivity index (χ3n) is 5.11. The fourth-order valence-electron chi connectivity index (χ4n) is 4.06. The highest BCUT2D eigenvalue weighted by Gasteiger charge is 2.22. The molecule has 3 rings (SSSR count). The topological polar surface area (TPSA) is 29.9 Å². The van der Waals surface area contributed by atoms with Gasteiger partial charge in [0.1, 0.15) is 11.9 Å². The van der Waals surface area contributed by atoms with E-state index in [-0.39, 0.29) is 0 Å². The monoisotopic (exact) mass is 384 g/mol. The Morgan fingerprint density at radius 1 is 0.889 bits per heavy atom. The van der Waals surface area contributed by atoms with Crippen LogP contribution in [0.1, 0.15) is 73.2 Å². The van der Waals surface area contributed by atoms with Gasteiger partial charge in [0.15, 0.2) is 0 Å². The largest absolute Gasteiger partial charge is 0.673 e. The molecule has 2 nitrogen and oxygen atoms in total. The van der Waals surface area contributed by atoms with Crippen LogP contribution in [0.25, 0.3) is 11.4 Å². The predicted octanol–water partition coefficient (Wildman–Crippen LogP) is 6.55. The smallest absolute Gasteiger partial charge is 0.418 e. The molecule has 0 radical (unpaired) electrons. The molecule has 0 saturated heterocycles. The Morgan fingerprint density at radius 3 is 1.89 bits per heavy atom. The lowest BCUT2D eigenvalue weighted by Crippen LogP contribution is -2.03. The van der Waals surface area contributed by atoms with E-state index in [1.807, 2.05) is 0 Å². The summed E-state index contributed by atoms with van der Waals surface area (Å²) in [4.78, 5) is 7.19. The van der Waals surface area contributed by atoms with Crippen LogP contribution in [0.5, 0.6) is 0 Å². The van der Waals surface area contributed by atoms with Gasteiger partial charge in [0.2, 0.25) is 0 Å². The molecule has 0 atom stereocenters. The first-order valence-electron chi connectivity index (χ1n) is 9.71. The highest BCUT2D eigenvalue weighted by atomic mass is 19.5. The number of rotatable bonds is 2. The van der Waals surface area contributed by atoms with Crippen molar-refractivity contribution < 1.29 is 22.2 Å². The minimum absolute atomic E-state index is 0.705. The zero-order valence-corrected chi connectivity index (χ0v) is 16.3. The molecule has 0 bridgehead atoms. The van der Waals surface area contributed by atoms with E-state index in [0.717, 1.165) is 0 Å². The molecule has 2 N–H and O–H groups in total. The molecule has 1 aromatic heterocycles. The summed E-state index contributed by atoms with van der Waals surface area (Å²) in [7, 11) is -6.00. The third-order valence-corrected chi connectivity index (χ3v) is 5.11. The van der Waals surface area contributed by atoms with E-state index in [2.05, 4.69) is 49.1 Å².